The molecule has 0 unspecified atom stereocenters. The molecule has 2 heterocycles. The molecule has 11 nitrogen and oxygen atoms in total. The lowest BCUT2D eigenvalue weighted by molar-refractivity contribution is -0.384. The van der Waals surface area contributed by atoms with E-state index in [2.05, 4.69) is 11.9 Å². The normalized spacial score (nSPS) is 16.3. The quantitative estimate of drug-likeness (QED) is 0.317. The maximum Gasteiger partial charge on any atom is 0.407 e. The molecule has 0 atom stereocenters. The second-order valence-corrected chi connectivity index (χ2v) is 6.87. The summed E-state index contributed by atoms with van der Waals surface area (Å²) in [5.41, 5.74) is -0.341. The lowest BCUT2D eigenvalue weighted by atomic mass is 10.1. The summed E-state index contributed by atoms with van der Waals surface area (Å²) in [6.07, 6.45) is 1.91. The minimum atomic E-state index is -0.728. The van der Waals surface area contributed by atoms with Gasteiger partial charge in [-0.3, -0.25) is 29.4 Å². The monoisotopic (exact) mass is 416 g/mol. The van der Waals surface area contributed by atoms with Crippen molar-refractivity contribution >= 4 is 29.5 Å². The summed E-state index contributed by atoms with van der Waals surface area (Å²) in [5.74, 6) is -1.79. The zero-order valence-corrected chi connectivity index (χ0v) is 16.0. The number of non-ortho nitro benzene ring substituents is 1. The highest BCUT2D eigenvalue weighted by Gasteiger charge is 2.39. The number of hydrogen-bond donors (Lipinski definition) is 1. The van der Waals surface area contributed by atoms with Crippen molar-refractivity contribution < 1.29 is 28.8 Å². The van der Waals surface area contributed by atoms with Crippen LogP contribution in [0.2, 0.25) is 0 Å². The van der Waals surface area contributed by atoms with E-state index in [1.165, 1.54) is 17.0 Å². The number of carbonyl (C=O) groups is 4. The highest BCUT2D eigenvalue weighted by Crippen LogP contribution is 2.27. The lowest BCUT2D eigenvalue weighted by Gasteiger charge is -2.32. The number of imide groups is 1. The molecule has 0 bridgehead atoms. The van der Waals surface area contributed by atoms with Crippen LogP contribution < -0.4 is 5.32 Å². The summed E-state index contributed by atoms with van der Waals surface area (Å²) in [6.45, 7) is 3.81. The molecule has 0 saturated carbocycles. The highest BCUT2D eigenvalue weighted by molar-refractivity contribution is 6.22. The van der Waals surface area contributed by atoms with Gasteiger partial charge in [-0.15, -0.1) is 0 Å². The number of nitro groups is 1. The SMILES string of the molecule is C=CCOC(=O)NC1CCN(C(=O)CN2C(=O)c3ccc([N+](=O)[O-])cc3C2=O)CC1. The largest absolute Gasteiger partial charge is 0.445 e. The Morgan fingerprint density at radius 2 is 1.90 bits per heavy atom. The molecule has 158 valence electrons. The van der Waals surface area contributed by atoms with Crippen LogP contribution in [0.5, 0.6) is 0 Å². The standard InChI is InChI=1S/C19H20N4O7/c1-2-9-30-19(27)20-12-5-7-21(8-6-12)16(24)11-22-17(25)14-4-3-13(23(28)29)10-15(14)18(22)26/h2-4,10,12H,1,5-9,11H2,(H,20,27). The van der Waals surface area contributed by atoms with Crippen LogP contribution in [0.25, 0.3) is 0 Å². The Labute approximate surface area is 171 Å². The van der Waals surface area contributed by atoms with E-state index in [0.29, 0.717) is 25.9 Å². The van der Waals surface area contributed by atoms with Crippen LogP contribution in [0.15, 0.2) is 30.9 Å². The number of hydrogen-bond acceptors (Lipinski definition) is 7. The second kappa shape index (κ2) is 8.72. The van der Waals surface area contributed by atoms with Crippen molar-refractivity contribution in [3.63, 3.8) is 0 Å². The summed E-state index contributed by atoms with van der Waals surface area (Å²) in [4.78, 5) is 61.7. The predicted molar refractivity (Wildman–Crippen MR) is 103 cm³/mol. The van der Waals surface area contributed by atoms with Gasteiger partial charge in [-0.25, -0.2) is 4.79 Å². The van der Waals surface area contributed by atoms with Gasteiger partial charge in [-0.05, 0) is 18.9 Å². The average molecular weight is 416 g/mol. The molecule has 3 rings (SSSR count). The first kappa shape index (κ1) is 21.0. The number of alkyl carbamates (subject to hydrolysis) is 1. The van der Waals surface area contributed by atoms with Gasteiger partial charge in [0, 0.05) is 31.3 Å². The maximum absolute atomic E-state index is 12.6. The highest BCUT2D eigenvalue weighted by atomic mass is 16.6. The van der Waals surface area contributed by atoms with Crippen molar-refractivity contribution in [2.75, 3.05) is 26.2 Å². The molecule has 0 radical (unpaired) electrons. The fraction of sp³-hybridized carbons (Fsp3) is 0.368. The molecule has 30 heavy (non-hydrogen) atoms. The summed E-state index contributed by atoms with van der Waals surface area (Å²) in [5, 5.41) is 13.6. The van der Waals surface area contributed by atoms with E-state index in [1.54, 1.807) is 0 Å². The van der Waals surface area contributed by atoms with Crippen LogP contribution in [-0.2, 0) is 9.53 Å². The van der Waals surface area contributed by atoms with Crippen LogP contribution in [0.4, 0.5) is 10.5 Å². The van der Waals surface area contributed by atoms with Crippen LogP contribution in [0, 0.1) is 10.1 Å². The van der Waals surface area contributed by atoms with Gasteiger partial charge in [0.25, 0.3) is 17.5 Å². The molecule has 11 heteroatoms. The van der Waals surface area contributed by atoms with Gasteiger partial charge in [0.2, 0.25) is 5.91 Å². The average Bonchev–Trinajstić information content (AvgIpc) is 2.97. The number of benzene rings is 1. The molecule has 2 aliphatic heterocycles. The van der Waals surface area contributed by atoms with Gasteiger partial charge in [0.15, 0.2) is 0 Å². The Morgan fingerprint density at radius 3 is 2.53 bits per heavy atom. The molecule has 1 aromatic rings. The molecular formula is C19H20N4O7. The molecule has 1 fully saturated rings. The first-order chi connectivity index (χ1) is 14.3. The van der Waals surface area contributed by atoms with Gasteiger partial charge in [-0.1, -0.05) is 12.7 Å². The van der Waals surface area contributed by atoms with E-state index in [9.17, 15) is 29.3 Å². The van der Waals surface area contributed by atoms with E-state index >= 15 is 0 Å². The Bertz CT molecular complexity index is 921. The maximum atomic E-state index is 12.6. The Morgan fingerprint density at radius 1 is 1.23 bits per heavy atom. The summed E-state index contributed by atoms with van der Waals surface area (Å²) >= 11 is 0. The first-order valence-electron chi connectivity index (χ1n) is 9.28. The minimum Gasteiger partial charge on any atom is -0.445 e. The molecule has 0 aromatic heterocycles. The molecule has 1 N–H and O–H groups in total. The van der Waals surface area contributed by atoms with E-state index < -0.39 is 35.3 Å². The molecule has 1 saturated heterocycles. The first-order valence-corrected chi connectivity index (χ1v) is 9.28. The van der Waals surface area contributed by atoms with Crippen molar-refractivity contribution in [2.45, 2.75) is 18.9 Å². The smallest absolute Gasteiger partial charge is 0.407 e. The van der Waals surface area contributed by atoms with Crippen molar-refractivity contribution in [1.29, 1.82) is 0 Å². The molecule has 0 aliphatic carbocycles. The third-order valence-electron chi connectivity index (χ3n) is 4.96. The van der Waals surface area contributed by atoms with Gasteiger partial charge in [0.1, 0.15) is 13.2 Å². The van der Waals surface area contributed by atoms with Crippen molar-refractivity contribution in [1.82, 2.24) is 15.1 Å². The lowest BCUT2D eigenvalue weighted by Crippen LogP contribution is -2.49. The summed E-state index contributed by atoms with van der Waals surface area (Å²) in [7, 11) is 0. The summed E-state index contributed by atoms with van der Waals surface area (Å²) in [6, 6.07) is 3.27. The van der Waals surface area contributed by atoms with Crippen LogP contribution in [0.1, 0.15) is 33.6 Å². The Kier molecular flexibility index (Phi) is 6.09. The number of piperidine rings is 1. The molecular weight excluding hydrogens is 396 g/mol. The third-order valence-corrected chi connectivity index (χ3v) is 4.96. The zero-order valence-electron chi connectivity index (χ0n) is 16.0. The predicted octanol–water partition coefficient (Wildman–Crippen LogP) is 1.09. The van der Waals surface area contributed by atoms with Crippen LogP contribution in [-0.4, -0.2) is 70.8 Å². The number of nitrogens with one attached hydrogen (secondary N) is 1. The van der Waals surface area contributed by atoms with E-state index in [1.807, 2.05) is 0 Å². The minimum absolute atomic E-state index is 0.0411. The number of rotatable bonds is 6. The number of nitro benzene ring substituents is 1. The topological polar surface area (TPSA) is 139 Å². The van der Waals surface area contributed by atoms with Crippen molar-refractivity contribution in [3.8, 4) is 0 Å². The third kappa shape index (κ3) is 4.29. The number of likely N-dealkylation sites (tertiary alicyclic amines) is 1. The van der Waals surface area contributed by atoms with E-state index in [4.69, 9.17) is 4.74 Å². The fourth-order valence-corrected chi connectivity index (χ4v) is 3.39. The van der Waals surface area contributed by atoms with Crippen molar-refractivity contribution in [3.05, 3.63) is 52.1 Å². The zero-order chi connectivity index (χ0) is 21.8. The molecule has 1 aromatic carbocycles. The fourth-order valence-electron chi connectivity index (χ4n) is 3.39. The van der Waals surface area contributed by atoms with E-state index in [0.717, 1.165) is 17.0 Å². The molecule has 0 spiro atoms. The summed E-state index contributed by atoms with van der Waals surface area (Å²) < 4.78 is 4.86. The van der Waals surface area contributed by atoms with Gasteiger partial charge >= 0.3 is 6.09 Å². The number of fused-ring (bicyclic) bond motifs is 1. The molecule has 2 aliphatic rings. The van der Waals surface area contributed by atoms with Gasteiger partial charge in [0.05, 0.1) is 16.1 Å². The van der Waals surface area contributed by atoms with Gasteiger partial charge < -0.3 is 15.0 Å². The van der Waals surface area contributed by atoms with Crippen molar-refractivity contribution in [2.24, 2.45) is 0 Å². The number of ether oxygens (including phenoxy) is 1. The van der Waals surface area contributed by atoms with Gasteiger partial charge in [-0.2, -0.15) is 0 Å². The number of nitrogens with zero attached hydrogens (tertiary/aromatic N) is 3. The van der Waals surface area contributed by atoms with Crippen LogP contribution in [0.3, 0.4) is 0 Å². The number of amides is 4. The van der Waals surface area contributed by atoms with E-state index in [-0.39, 0.29) is 29.5 Å². The van der Waals surface area contributed by atoms with Crippen LogP contribution >= 0.6 is 0 Å². The Balaban J connectivity index is 1.56. The second-order valence-electron chi connectivity index (χ2n) is 6.87. The molecule has 4 amide bonds. The Hall–Kier alpha value is -3.76. The number of carbonyl (C=O) groups excluding carboxylic acids is 4.